The van der Waals surface area contributed by atoms with Gasteiger partial charge in [0.15, 0.2) is 0 Å². The fraction of sp³-hybridized carbons (Fsp3) is 0.0833. The molecule has 0 aliphatic heterocycles. The van der Waals surface area contributed by atoms with Crippen molar-refractivity contribution in [1.29, 1.82) is 5.26 Å². The lowest BCUT2D eigenvalue weighted by Crippen LogP contribution is -2.12. The van der Waals surface area contributed by atoms with Gasteiger partial charge in [-0.25, -0.2) is 0 Å². The fourth-order valence-corrected chi connectivity index (χ4v) is 2.20. The van der Waals surface area contributed by atoms with E-state index in [9.17, 15) is 0 Å². The Kier molecular flexibility index (Phi) is 4.51. The highest BCUT2D eigenvalue weighted by Crippen LogP contribution is 2.23. The molecule has 1 aromatic carbocycles. The number of nitriles is 1. The molecule has 0 aliphatic rings. The summed E-state index contributed by atoms with van der Waals surface area (Å²) in [5.41, 5.74) is 8.69. The SMILES string of the molecule is Cl.N#Cc1ccccc1[C@H](N)c1ccsc1. The molecule has 0 unspecified atom stereocenters. The van der Waals surface area contributed by atoms with E-state index in [0.29, 0.717) is 5.56 Å². The van der Waals surface area contributed by atoms with Gasteiger partial charge < -0.3 is 5.73 Å². The van der Waals surface area contributed by atoms with Gasteiger partial charge in [0.1, 0.15) is 0 Å². The van der Waals surface area contributed by atoms with Crippen LogP contribution in [0.4, 0.5) is 0 Å². The van der Waals surface area contributed by atoms with Crippen LogP contribution in [-0.4, -0.2) is 0 Å². The molecule has 0 bridgehead atoms. The van der Waals surface area contributed by atoms with E-state index < -0.39 is 0 Å². The lowest BCUT2D eigenvalue weighted by Gasteiger charge is -2.11. The highest BCUT2D eigenvalue weighted by atomic mass is 35.5. The Morgan fingerprint density at radius 2 is 2.00 bits per heavy atom. The Balaban J connectivity index is 0.00000128. The zero-order chi connectivity index (χ0) is 10.7. The van der Waals surface area contributed by atoms with Crippen LogP contribution >= 0.6 is 23.7 Å². The normalized spacial score (nSPS) is 11.2. The first-order valence-electron chi connectivity index (χ1n) is 4.59. The van der Waals surface area contributed by atoms with Crippen molar-refractivity contribution in [2.24, 2.45) is 5.73 Å². The predicted octanol–water partition coefficient (Wildman–Crippen LogP) is 3.09. The molecule has 82 valence electrons. The Bertz CT molecular complexity index is 488. The minimum Gasteiger partial charge on any atom is -0.320 e. The molecule has 1 aromatic heterocycles. The second-order valence-electron chi connectivity index (χ2n) is 3.23. The third kappa shape index (κ3) is 2.42. The highest BCUT2D eigenvalue weighted by molar-refractivity contribution is 7.08. The van der Waals surface area contributed by atoms with Crippen molar-refractivity contribution >= 4 is 23.7 Å². The van der Waals surface area contributed by atoms with Crippen LogP contribution in [0.1, 0.15) is 22.7 Å². The lowest BCUT2D eigenvalue weighted by molar-refractivity contribution is 0.873. The number of nitrogens with zero attached hydrogens (tertiary/aromatic N) is 1. The number of halogens is 1. The van der Waals surface area contributed by atoms with Gasteiger partial charge in [-0.05, 0) is 34.0 Å². The average molecular weight is 251 g/mol. The van der Waals surface area contributed by atoms with Gasteiger partial charge in [0.25, 0.3) is 0 Å². The molecule has 0 aliphatic carbocycles. The molecule has 1 heterocycles. The van der Waals surface area contributed by atoms with Crippen molar-refractivity contribution in [1.82, 2.24) is 0 Å². The van der Waals surface area contributed by atoms with Crippen molar-refractivity contribution in [3.63, 3.8) is 0 Å². The van der Waals surface area contributed by atoms with Gasteiger partial charge in [0, 0.05) is 0 Å². The van der Waals surface area contributed by atoms with Gasteiger partial charge in [-0.15, -0.1) is 12.4 Å². The molecular weight excluding hydrogens is 240 g/mol. The Labute approximate surface area is 105 Å². The maximum absolute atomic E-state index is 8.96. The van der Waals surface area contributed by atoms with Gasteiger partial charge in [0.05, 0.1) is 17.7 Å². The standard InChI is InChI=1S/C12H10N2S.ClH/c13-7-9-3-1-2-4-11(9)12(14)10-5-6-15-8-10;/h1-6,8,12H,14H2;1H/t12-;/m1./s1. The van der Waals surface area contributed by atoms with Gasteiger partial charge in [-0.2, -0.15) is 16.6 Å². The third-order valence-electron chi connectivity index (χ3n) is 2.32. The first kappa shape index (κ1) is 12.7. The number of benzene rings is 1. The van der Waals surface area contributed by atoms with E-state index in [1.165, 1.54) is 0 Å². The smallest absolute Gasteiger partial charge is 0.0995 e. The van der Waals surface area contributed by atoms with Crippen LogP contribution in [0.3, 0.4) is 0 Å². The van der Waals surface area contributed by atoms with Crippen LogP contribution in [0, 0.1) is 11.3 Å². The van der Waals surface area contributed by atoms with Crippen LogP contribution in [0.5, 0.6) is 0 Å². The summed E-state index contributed by atoms with van der Waals surface area (Å²) >= 11 is 1.61. The van der Waals surface area contributed by atoms with Crippen molar-refractivity contribution in [2.45, 2.75) is 6.04 Å². The van der Waals surface area contributed by atoms with Crippen LogP contribution in [0.2, 0.25) is 0 Å². The zero-order valence-corrected chi connectivity index (χ0v) is 10.1. The molecule has 2 rings (SSSR count). The third-order valence-corrected chi connectivity index (χ3v) is 3.02. The topological polar surface area (TPSA) is 49.8 Å². The molecule has 0 radical (unpaired) electrons. The van der Waals surface area contributed by atoms with Crippen LogP contribution in [-0.2, 0) is 0 Å². The highest BCUT2D eigenvalue weighted by Gasteiger charge is 2.12. The Hall–Kier alpha value is -1.34. The molecule has 2 N–H and O–H groups in total. The second-order valence-corrected chi connectivity index (χ2v) is 4.01. The van der Waals surface area contributed by atoms with Crippen molar-refractivity contribution in [2.75, 3.05) is 0 Å². The Morgan fingerprint density at radius 3 is 2.62 bits per heavy atom. The molecule has 2 aromatic rings. The van der Waals surface area contributed by atoms with E-state index in [0.717, 1.165) is 11.1 Å². The lowest BCUT2D eigenvalue weighted by atomic mass is 9.98. The largest absolute Gasteiger partial charge is 0.320 e. The molecule has 4 heteroatoms. The minimum atomic E-state index is -0.202. The summed E-state index contributed by atoms with van der Waals surface area (Å²) in [5.74, 6) is 0. The quantitative estimate of drug-likeness (QED) is 0.891. The van der Waals surface area contributed by atoms with Crippen LogP contribution in [0.15, 0.2) is 41.1 Å². The summed E-state index contributed by atoms with van der Waals surface area (Å²) < 4.78 is 0. The molecule has 16 heavy (non-hydrogen) atoms. The molecule has 0 saturated heterocycles. The number of nitrogens with two attached hydrogens (primary N) is 1. The van der Waals surface area contributed by atoms with Gasteiger partial charge in [-0.3, -0.25) is 0 Å². The number of thiophene rings is 1. The van der Waals surface area contributed by atoms with Gasteiger partial charge >= 0.3 is 0 Å². The molecule has 0 spiro atoms. The summed E-state index contributed by atoms with van der Waals surface area (Å²) in [6, 6.07) is 11.4. The Morgan fingerprint density at radius 1 is 1.25 bits per heavy atom. The number of hydrogen-bond donors (Lipinski definition) is 1. The molecule has 0 amide bonds. The van der Waals surface area contributed by atoms with Crippen molar-refractivity contribution in [3.8, 4) is 6.07 Å². The zero-order valence-electron chi connectivity index (χ0n) is 8.46. The van der Waals surface area contributed by atoms with E-state index in [2.05, 4.69) is 6.07 Å². The van der Waals surface area contributed by atoms with Crippen molar-refractivity contribution in [3.05, 3.63) is 57.8 Å². The molecule has 0 fully saturated rings. The average Bonchev–Trinajstić information content (AvgIpc) is 2.81. The minimum absolute atomic E-state index is 0. The van der Waals surface area contributed by atoms with Gasteiger partial charge in [0.2, 0.25) is 0 Å². The molecule has 0 saturated carbocycles. The summed E-state index contributed by atoms with van der Waals surface area (Å²) in [7, 11) is 0. The maximum atomic E-state index is 8.96. The fourth-order valence-electron chi connectivity index (χ4n) is 1.50. The number of hydrogen-bond acceptors (Lipinski definition) is 3. The molecular formula is C12H11ClN2S. The summed E-state index contributed by atoms with van der Waals surface area (Å²) in [6.07, 6.45) is 0. The summed E-state index contributed by atoms with van der Waals surface area (Å²) in [6.45, 7) is 0. The monoisotopic (exact) mass is 250 g/mol. The summed E-state index contributed by atoms with van der Waals surface area (Å²) in [5, 5.41) is 13.0. The first-order chi connectivity index (χ1) is 7.33. The van der Waals surface area contributed by atoms with E-state index in [-0.39, 0.29) is 18.4 Å². The van der Waals surface area contributed by atoms with Gasteiger partial charge in [-0.1, -0.05) is 18.2 Å². The molecule has 2 nitrogen and oxygen atoms in total. The first-order valence-corrected chi connectivity index (χ1v) is 5.54. The van der Waals surface area contributed by atoms with Crippen LogP contribution < -0.4 is 5.73 Å². The predicted molar refractivity (Wildman–Crippen MR) is 68.8 cm³/mol. The van der Waals surface area contributed by atoms with E-state index in [1.54, 1.807) is 17.4 Å². The van der Waals surface area contributed by atoms with E-state index >= 15 is 0 Å². The molecule has 1 atom stereocenters. The van der Waals surface area contributed by atoms with E-state index in [1.807, 2.05) is 35.0 Å². The van der Waals surface area contributed by atoms with Crippen LogP contribution in [0.25, 0.3) is 0 Å². The number of rotatable bonds is 2. The summed E-state index contributed by atoms with van der Waals surface area (Å²) in [4.78, 5) is 0. The maximum Gasteiger partial charge on any atom is 0.0995 e. The van der Waals surface area contributed by atoms with Crippen molar-refractivity contribution < 1.29 is 0 Å². The second kappa shape index (κ2) is 5.66. The van der Waals surface area contributed by atoms with E-state index in [4.69, 9.17) is 11.0 Å².